The van der Waals surface area contributed by atoms with Crippen LogP contribution in [0.15, 0.2) is 18.2 Å². The second kappa shape index (κ2) is 11.0. The predicted octanol–water partition coefficient (Wildman–Crippen LogP) is 4.74. The molecule has 32 heavy (non-hydrogen) atoms. The van der Waals surface area contributed by atoms with Crippen LogP contribution < -0.4 is 21.7 Å². The third-order valence-electron chi connectivity index (χ3n) is 6.57. The maximum atomic E-state index is 6.18. The molecule has 1 aliphatic heterocycles. The van der Waals surface area contributed by atoms with E-state index < -0.39 is 0 Å². The molecule has 1 saturated carbocycles. The van der Waals surface area contributed by atoms with Crippen LogP contribution in [0.3, 0.4) is 0 Å². The molecular weight excluding hydrogens is 424 g/mol. The van der Waals surface area contributed by atoms with Crippen LogP contribution >= 0.6 is 11.6 Å². The highest BCUT2D eigenvalue weighted by Gasteiger charge is 2.23. The van der Waals surface area contributed by atoms with E-state index in [2.05, 4.69) is 42.7 Å². The Bertz CT molecular complexity index is 886. The van der Waals surface area contributed by atoms with Gasteiger partial charge in [-0.25, -0.2) is 0 Å². The molecule has 2 aliphatic rings. The van der Waals surface area contributed by atoms with Crippen LogP contribution in [0.2, 0.25) is 5.02 Å². The van der Waals surface area contributed by atoms with E-state index in [9.17, 15) is 0 Å². The average molecular weight is 459 g/mol. The van der Waals surface area contributed by atoms with Gasteiger partial charge in [-0.3, -0.25) is 4.90 Å². The van der Waals surface area contributed by atoms with E-state index in [1.165, 1.54) is 51.5 Å². The standard InChI is InChI=1S/C23H35ClN8/c1-2-32-12-6-9-18(32)15-27-22-29-21(26-14-16-7-4-3-5-8-16)30-23(31-22)28-17-10-11-20(25)19(24)13-17/h10-11,13,16,18H,2-9,12,14-15,25H2,1H3,(H3,26,27,28,29,30,31). The maximum absolute atomic E-state index is 6.18. The van der Waals surface area contributed by atoms with Gasteiger partial charge in [0.25, 0.3) is 0 Å². The van der Waals surface area contributed by atoms with Crippen molar-refractivity contribution in [2.45, 2.75) is 57.9 Å². The number of benzene rings is 1. The topological polar surface area (TPSA) is 104 Å². The Morgan fingerprint density at radius 1 is 0.969 bits per heavy atom. The summed E-state index contributed by atoms with van der Waals surface area (Å²) in [7, 11) is 0. The van der Waals surface area contributed by atoms with Crippen molar-refractivity contribution in [1.29, 1.82) is 0 Å². The quantitative estimate of drug-likeness (QED) is 0.399. The molecule has 1 aromatic heterocycles. The van der Waals surface area contributed by atoms with Crippen molar-refractivity contribution in [2.75, 3.05) is 47.9 Å². The Labute approximate surface area is 195 Å². The van der Waals surface area contributed by atoms with E-state index in [1.807, 2.05) is 6.07 Å². The van der Waals surface area contributed by atoms with Gasteiger partial charge in [0.15, 0.2) is 0 Å². The predicted molar refractivity (Wildman–Crippen MR) is 133 cm³/mol. The first kappa shape index (κ1) is 22.9. The Kier molecular flexibility index (Phi) is 7.86. The molecule has 1 unspecified atom stereocenters. The minimum atomic E-state index is 0.480. The molecule has 2 fully saturated rings. The molecule has 0 radical (unpaired) electrons. The Balaban J connectivity index is 1.47. The summed E-state index contributed by atoms with van der Waals surface area (Å²) < 4.78 is 0. The van der Waals surface area contributed by atoms with Crippen molar-refractivity contribution in [2.24, 2.45) is 5.92 Å². The summed E-state index contributed by atoms with van der Waals surface area (Å²) in [5, 5.41) is 10.6. The normalized spacial score (nSPS) is 19.8. The summed E-state index contributed by atoms with van der Waals surface area (Å²) in [5.74, 6) is 2.34. The molecular formula is C23H35ClN8. The lowest BCUT2D eigenvalue weighted by Crippen LogP contribution is -2.35. The zero-order valence-corrected chi connectivity index (χ0v) is 19.7. The van der Waals surface area contributed by atoms with Crippen LogP contribution in [-0.2, 0) is 0 Å². The first-order chi connectivity index (χ1) is 15.6. The first-order valence-electron chi connectivity index (χ1n) is 11.9. The highest BCUT2D eigenvalue weighted by atomic mass is 35.5. The molecule has 8 nitrogen and oxygen atoms in total. The molecule has 2 heterocycles. The Hall–Kier alpha value is -2.32. The highest BCUT2D eigenvalue weighted by molar-refractivity contribution is 6.33. The van der Waals surface area contributed by atoms with E-state index in [0.29, 0.717) is 40.5 Å². The molecule has 4 rings (SSSR count). The Morgan fingerprint density at radius 3 is 2.41 bits per heavy atom. The minimum absolute atomic E-state index is 0.480. The van der Waals surface area contributed by atoms with E-state index in [0.717, 1.165) is 25.3 Å². The van der Waals surface area contributed by atoms with Crippen molar-refractivity contribution in [3.63, 3.8) is 0 Å². The number of halogens is 1. The number of aromatic nitrogens is 3. The third kappa shape index (κ3) is 6.13. The smallest absolute Gasteiger partial charge is 0.233 e. The lowest BCUT2D eigenvalue weighted by Gasteiger charge is -2.23. The first-order valence-corrected chi connectivity index (χ1v) is 12.3. The van der Waals surface area contributed by atoms with Crippen molar-refractivity contribution in [3.8, 4) is 0 Å². The molecule has 1 aromatic carbocycles. The number of hydrogen-bond donors (Lipinski definition) is 4. The largest absolute Gasteiger partial charge is 0.398 e. The van der Waals surface area contributed by atoms with Gasteiger partial charge in [0.2, 0.25) is 17.8 Å². The van der Waals surface area contributed by atoms with E-state index in [4.69, 9.17) is 17.3 Å². The van der Waals surface area contributed by atoms with Gasteiger partial charge in [-0.05, 0) is 62.9 Å². The van der Waals surface area contributed by atoms with Gasteiger partial charge in [-0.2, -0.15) is 15.0 Å². The van der Waals surface area contributed by atoms with Gasteiger partial charge in [0, 0.05) is 24.8 Å². The van der Waals surface area contributed by atoms with Crippen molar-refractivity contribution < 1.29 is 0 Å². The summed E-state index contributed by atoms with van der Waals surface area (Å²) in [5.41, 5.74) is 7.17. The maximum Gasteiger partial charge on any atom is 0.233 e. The number of nitrogens with one attached hydrogen (secondary N) is 3. The molecule has 1 atom stereocenters. The van der Waals surface area contributed by atoms with Gasteiger partial charge in [0.1, 0.15) is 0 Å². The number of nitrogen functional groups attached to an aromatic ring is 1. The molecule has 1 saturated heterocycles. The number of anilines is 5. The number of likely N-dealkylation sites (N-methyl/N-ethyl adjacent to an activating group) is 1. The van der Waals surface area contributed by atoms with E-state index in [1.54, 1.807) is 12.1 Å². The molecule has 5 N–H and O–H groups in total. The number of likely N-dealkylation sites (tertiary alicyclic amines) is 1. The summed E-state index contributed by atoms with van der Waals surface area (Å²) in [6, 6.07) is 5.93. The summed E-state index contributed by atoms with van der Waals surface area (Å²) >= 11 is 6.18. The van der Waals surface area contributed by atoms with Gasteiger partial charge in [0.05, 0.1) is 10.7 Å². The third-order valence-corrected chi connectivity index (χ3v) is 6.89. The van der Waals surface area contributed by atoms with Crippen LogP contribution in [0, 0.1) is 5.92 Å². The van der Waals surface area contributed by atoms with Crippen molar-refractivity contribution >= 4 is 40.8 Å². The molecule has 0 spiro atoms. The van der Waals surface area contributed by atoms with Crippen molar-refractivity contribution in [1.82, 2.24) is 19.9 Å². The van der Waals surface area contributed by atoms with Gasteiger partial charge >= 0.3 is 0 Å². The molecule has 0 amide bonds. The number of nitrogens with zero attached hydrogens (tertiary/aromatic N) is 4. The van der Waals surface area contributed by atoms with E-state index >= 15 is 0 Å². The fraction of sp³-hybridized carbons (Fsp3) is 0.609. The van der Waals surface area contributed by atoms with Crippen molar-refractivity contribution in [3.05, 3.63) is 23.2 Å². The highest BCUT2D eigenvalue weighted by Crippen LogP contribution is 2.26. The van der Waals surface area contributed by atoms with Gasteiger partial charge < -0.3 is 21.7 Å². The lowest BCUT2D eigenvalue weighted by atomic mass is 9.89. The number of nitrogens with two attached hydrogens (primary N) is 1. The minimum Gasteiger partial charge on any atom is -0.398 e. The molecule has 0 bridgehead atoms. The number of hydrogen-bond acceptors (Lipinski definition) is 8. The van der Waals surface area contributed by atoms with Gasteiger partial charge in [-0.1, -0.05) is 37.8 Å². The Morgan fingerprint density at radius 2 is 1.69 bits per heavy atom. The zero-order valence-electron chi connectivity index (χ0n) is 18.9. The number of rotatable bonds is 9. The molecule has 174 valence electrons. The monoisotopic (exact) mass is 458 g/mol. The second-order valence-corrected chi connectivity index (χ2v) is 9.27. The fourth-order valence-electron chi connectivity index (χ4n) is 4.70. The van der Waals surface area contributed by atoms with Crippen LogP contribution in [0.25, 0.3) is 0 Å². The lowest BCUT2D eigenvalue weighted by molar-refractivity contribution is 0.277. The SMILES string of the molecule is CCN1CCCC1CNc1nc(NCC2CCCCC2)nc(Nc2ccc(N)c(Cl)c2)n1. The van der Waals surface area contributed by atoms with Crippen LogP contribution in [0.4, 0.5) is 29.2 Å². The van der Waals surface area contributed by atoms with Crippen LogP contribution in [0.1, 0.15) is 51.9 Å². The summed E-state index contributed by atoms with van der Waals surface area (Å²) in [6.45, 7) is 6.17. The zero-order chi connectivity index (χ0) is 22.3. The summed E-state index contributed by atoms with van der Waals surface area (Å²) in [6.07, 6.45) is 8.97. The average Bonchev–Trinajstić information content (AvgIpc) is 3.27. The summed E-state index contributed by atoms with van der Waals surface area (Å²) in [4.78, 5) is 16.4. The van der Waals surface area contributed by atoms with Crippen LogP contribution in [0.5, 0.6) is 0 Å². The van der Waals surface area contributed by atoms with Crippen LogP contribution in [-0.4, -0.2) is 52.1 Å². The second-order valence-electron chi connectivity index (χ2n) is 8.86. The fourth-order valence-corrected chi connectivity index (χ4v) is 4.88. The molecule has 9 heteroatoms. The van der Waals surface area contributed by atoms with Gasteiger partial charge in [-0.15, -0.1) is 0 Å². The van der Waals surface area contributed by atoms with E-state index in [-0.39, 0.29) is 0 Å². The molecule has 1 aliphatic carbocycles. The molecule has 2 aromatic rings.